The Balaban J connectivity index is 2.32. The van der Waals surface area contributed by atoms with E-state index in [0.29, 0.717) is 24.1 Å². The molecule has 1 aliphatic carbocycles. The third-order valence-electron chi connectivity index (χ3n) is 4.90. The number of carbonyl (C=O) groups excluding carboxylic acids is 1. The minimum atomic E-state index is -2.63. The van der Waals surface area contributed by atoms with Crippen molar-refractivity contribution in [1.29, 1.82) is 0 Å². The molecule has 0 heterocycles. The van der Waals surface area contributed by atoms with Gasteiger partial charge in [0, 0.05) is 23.9 Å². The smallest absolute Gasteiger partial charge is 0.251 e. The monoisotopic (exact) mass is 414 g/mol. The van der Waals surface area contributed by atoms with Gasteiger partial charge in [0.2, 0.25) is 5.91 Å². The number of allylic oxidation sites excluding steroid dienone is 2. The lowest BCUT2D eigenvalue weighted by atomic mass is 9.80. The second-order valence-corrected chi connectivity index (χ2v) is 7.47. The van der Waals surface area contributed by atoms with Crippen LogP contribution >= 0.6 is 0 Å². The van der Waals surface area contributed by atoms with Gasteiger partial charge in [0.05, 0.1) is 18.7 Å². The first-order valence-corrected chi connectivity index (χ1v) is 9.27. The fraction of sp³-hybridized carbons (Fsp3) is 0.450. The molecule has 9 heteroatoms. The number of primary amides is 1. The summed E-state index contributed by atoms with van der Waals surface area (Å²) in [6.45, 7) is 1.17. The third-order valence-corrected chi connectivity index (χ3v) is 4.90. The molecule has 2 rings (SSSR count). The molecule has 2 unspecified atom stereocenters. The molecule has 0 saturated heterocycles. The third kappa shape index (κ3) is 6.22. The van der Waals surface area contributed by atoms with E-state index in [0.717, 1.165) is 12.1 Å². The molecular weight excluding hydrogens is 388 g/mol. The number of hydrogen-bond acceptors (Lipinski definition) is 4. The molecule has 0 aliphatic heterocycles. The summed E-state index contributed by atoms with van der Waals surface area (Å²) in [7, 11) is 0. The van der Waals surface area contributed by atoms with Gasteiger partial charge in [0.1, 0.15) is 11.6 Å². The van der Waals surface area contributed by atoms with Gasteiger partial charge in [0.25, 0.3) is 6.43 Å². The van der Waals surface area contributed by atoms with Crippen molar-refractivity contribution < 1.29 is 22.4 Å². The van der Waals surface area contributed by atoms with Crippen LogP contribution in [0.4, 0.5) is 17.6 Å². The van der Waals surface area contributed by atoms with Crippen LogP contribution < -0.4 is 17.2 Å². The summed E-state index contributed by atoms with van der Waals surface area (Å²) < 4.78 is 53.7. The lowest BCUT2D eigenvalue weighted by molar-refractivity contribution is -0.119. The van der Waals surface area contributed by atoms with Crippen LogP contribution in [0.5, 0.6) is 0 Å². The van der Waals surface area contributed by atoms with Crippen LogP contribution in [0.1, 0.15) is 25.3 Å². The Kier molecular flexibility index (Phi) is 7.66. The van der Waals surface area contributed by atoms with Gasteiger partial charge in [-0.3, -0.25) is 9.69 Å². The van der Waals surface area contributed by atoms with E-state index in [4.69, 9.17) is 17.2 Å². The molecule has 0 saturated carbocycles. The molecule has 0 bridgehead atoms. The molecule has 1 aliphatic rings. The maximum Gasteiger partial charge on any atom is 0.251 e. The number of nitrogens with two attached hydrogens (primary N) is 3. The molecular formula is C20H26F4N4O. The first-order chi connectivity index (χ1) is 13.6. The molecule has 0 fully saturated rings. The molecule has 5 nitrogen and oxygen atoms in total. The first kappa shape index (κ1) is 22.7. The number of rotatable bonds is 8. The zero-order valence-corrected chi connectivity index (χ0v) is 16.2. The van der Waals surface area contributed by atoms with Crippen molar-refractivity contribution in [1.82, 2.24) is 4.90 Å². The number of amides is 1. The molecule has 0 aromatic heterocycles. The van der Waals surface area contributed by atoms with E-state index in [1.807, 2.05) is 6.92 Å². The molecule has 0 radical (unpaired) electrons. The van der Waals surface area contributed by atoms with Gasteiger partial charge in [-0.1, -0.05) is 13.0 Å². The van der Waals surface area contributed by atoms with E-state index < -0.39 is 30.5 Å². The molecule has 29 heavy (non-hydrogen) atoms. The zero-order valence-electron chi connectivity index (χ0n) is 16.2. The predicted octanol–water partition coefficient (Wildman–Crippen LogP) is 2.58. The normalized spacial score (nSPS) is 20.6. The van der Waals surface area contributed by atoms with Crippen LogP contribution in [0.2, 0.25) is 0 Å². The van der Waals surface area contributed by atoms with Gasteiger partial charge >= 0.3 is 0 Å². The zero-order chi connectivity index (χ0) is 21.7. The van der Waals surface area contributed by atoms with Crippen LogP contribution in [-0.2, 0) is 4.79 Å². The SMILES string of the molecule is CC1CC(/C=C(\N)c2c(F)cccc2F)=C(N)C(CN(CC(N)=O)CC(F)F)C1. The molecule has 160 valence electrons. The van der Waals surface area contributed by atoms with E-state index >= 15 is 0 Å². The summed E-state index contributed by atoms with van der Waals surface area (Å²) in [5.41, 5.74) is 17.9. The standard InChI is InChI=1S/C20H26F4N4O/c1-11-5-12(7-16(25)19-14(21)3-2-4-15(19)22)20(27)13(6-11)8-28(9-17(23)24)10-18(26)29/h2-4,7,11,13,17H,5-6,8-10,25,27H2,1H3,(H2,26,29)/b16-7-. The Morgan fingerprint density at radius 2 is 1.90 bits per heavy atom. The van der Waals surface area contributed by atoms with Gasteiger partial charge < -0.3 is 17.2 Å². The maximum atomic E-state index is 14.0. The lowest BCUT2D eigenvalue weighted by Crippen LogP contribution is -2.42. The molecule has 2 atom stereocenters. The first-order valence-electron chi connectivity index (χ1n) is 9.27. The summed E-state index contributed by atoms with van der Waals surface area (Å²) in [6, 6.07) is 3.45. The predicted molar refractivity (Wildman–Crippen MR) is 103 cm³/mol. The summed E-state index contributed by atoms with van der Waals surface area (Å²) in [4.78, 5) is 12.5. The maximum absolute atomic E-state index is 14.0. The van der Waals surface area contributed by atoms with Crippen molar-refractivity contribution in [3.05, 3.63) is 52.7 Å². The Bertz CT molecular complexity index is 789. The fourth-order valence-electron chi connectivity index (χ4n) is 3.73. The number of nitrogens with zero attached hydrogens (tertiary/aromatic N) is 1. The van der Waals surface area contributed by atoms with Crippen LogP contribution in [0.25, 0.3) is 5.70 Å². The Morgan fingerprint density at radius 1 is 1.28 bits per heavy atom. The highest BCUT2D eigenvalue weighted by molar-refractivity contribution is 5.75. The number of halogens is 4. The van der Waals surface area contributed by atoms with Crippen LogP contribution in [0.15, 0.2) is 35.5 Å². The number of hydrogen-bond donors (Lipinski definition) is 3. The summed E-state index contributed by atoms with van der Waals surface area (Å²) in [5.74, 6) is -2.47. The van der Waals surface area contributed by atoms with E-state index in [2.05, 4.69) is 0 Å². The van der Waals surface area contributed by atoms with Gasteiger partial charge in [-0.15, -0.1) is 0 Å². The van der Waals surface area contributed by atoms with Gasteiger partial charge in [-0.25, -0.2) is 17.6 Å². The van der Waals surface area contributed by atoms with E-state index in [-0.39, 0.29) is 36.2 Å². The average molecular weight is 414 g/mol. The van der Waals surface area contributed by atoms with Crippen LogP contribution in [0, 0.1) is 23.5 Å². The quantitative estimate of drug-likeness (QED) is 0.570. The van der Waals surface area contributed by atoms with E-state index in [9.17, 15) is 22.4 Å². The van der Waals surface area contributed by atoms with Crippen molar-refractivity contribution in [3.63, 3.8) is 0 Å². The summed E-state index contributed by atoms with van der Waals surface area (Å²) >= 11 is 0. The van der Waals surface area contributed by atoms with E-state index in [1.54, 1.807) is 0 Å². The molecule has 6 N–H and O–H groups in total. The minimum absolute atomic E-state index is 0.104. The summed E-state index contributed by atoms with van der Waals surface area (Å²) in [6.07, 6.45) is -0.0376. The summed E-state index contributed by atoms with van der Waals surface area (Å²) in [5, 5.41) is 0. The van der Waals surface area contributed by atoms with Gasteiger partial charge in [-0.05, 0) is 42.5 Å². The molecule has 0 spiro atoms. The highest BCUT2D eigenvalue weighted by Crippen LogP contribution is 2.34. The highest BCUT2D eigenvalue weighted by atomic mass is 19.3. The second kappa shape index (κ2) is 9.78. The Labute approximate surface area is 167 Å². The van der Waals surface area contributed by atoms with Crippen LogP contribution in [-0.4, -0.2) is 36.9 Å². The highest BCUT2D eigenvalue weighted by Gasteiger charge is 2.28. The van der Waals surface area contributed by atoms with Crippen molar-refractivity contribution in [2.45, 2.75) is 26.2 Å². The molecule has 1 amide bonds. The minimum Gasteiger partial charge on any atom is -0.402 e. The second-order valence-electron chi connectivity index (χ2n) is 7.47. The average Bonchev–Trinajstić information content (AvgIpc) is 2.57. The van der Waals surface area contributed by atoms with Crippen molar-refractivity contribution >= 4 is 11.6 Å². The van der Waals surface area contributed by atoms with Crippen molar-refractivity contribution in [2.24, 2.45) is 29.0 Å². The molecule has 1 aromatic rings. The van der Waals surface area contributed by atoms with Crippen LogP contribution in [0.3, 0.4) is 0 Å². The number of alkyl halides is 2. The molecule has 1 aromatic carbocycles. The fourth-order valence-corrected chi connectivity index (χ4v) is 3.73. The van der Waals surface area contributed by atoms with Gasteiger partial charge in [-0.2, -0.15) is 0 Å². The Hall–Kier alpha value is -2.55. The number of carbonyl (C=O) groups is 1. The lowest BCUT2D eigenvalue weighted by Gasteiger charge is -2.33. The van der Waals surface area contributed by atoms with Gasteiger partial charge in [0.15, 0.2) is 0 Å². The van der Waals surface area contributed by atoms with Crippen molar-refractivity contribution in [2.75, 3.05) is 19.6 Å². The number of benzene rings is 1. The largest absolute Gasteiger partial charge is 0.402 e. The topological polar surface area (TPSA) is 98.4 Å². The van der Waals surface area contributed by atoms with E-state index in [1.165, 1.54) is 17.0 Å². The Morgan fingerprint density at radius 3 is 2.45 bits per heavy atom. The van der Waals surface area contributed by atoms with Crippen molar-refractivity contribution in [3.8, 4) is 0 Å².